The van der Waals surface area contributed by atoms with E-state index in [1.807, 2.05) is 4.90 Å². The minimum Gasteiger partial charge on any atom is -0.379 e. The third kappa shape index (κ3) is 2.78. The molecule has 0 saturated carbocycles. The fourth-order valence-electron chi connectivity index (χ4n) is 3.75. The number of amides is 1. The Morgan fingerprint density at radius 1 is 1.21 bits per heavy atom. The first-order valence-electron chi connectivity index (χ1n) is 8.23. The molecule has 9 heteroatoms. The Hall–Kier alpha value is -1.00. The SMILES string of the molecule is O=C(c1sccc1S(=O)(=O)N1CCOCC1)N1C[C@H]2CNC[C@H]2C1. The highest BCUT2D eigenvalue weighted by Gasteiger charge is 2.40. The van der Waals surface area contributed by atoms with Crippen LogP contribution in [0, 0.1) is 11.8 Å². The van der Waals surface area contributed by atoms with E-state index in [0.29, 0.717) is 56.1 Å². The molecule has 3 fully saturated rings. The number of rotatable bonds is 3. The van der Waals surface area contributed by atoms with Crippen molar-refractivity contribution in [2.24, 2.45) is 11.8 Å². The summed E-state index contributed by atoms with van der Waals surface area (Å²) in [6.07, 6.45) is 0. The summed E-state index contributed by atoms with van der Waals surface area (Å²) in [6.45, 7) is 4.79. The van der Waals surface area contributed by atoms with Crippen molar-refractivity contribution in [3.63, 3.8) is 0 Å². The van der Waals surface area contributed by atoms with Gasteiger partial charge in [0.05, 0.1) is 13.2 Å². The van der Waals surface area contributed by atoms with Crippen LogP contribution in [0.3, 0.4) is 0 Å². The second-order valence-corrected chi connectivity index (χ2v) is 9.34. The molecule has 3 aliphatic heterocycles. The van der Waals surface area contributed by atoms with Gasteiger partial charge in [-0.2, -0.15) is 4.31 Å². The molecule has 0 aliphatic carbocycles. The van der Waals surface area contributed by atoms with E-state index in [4.69, 9.17) is 4.74 Å². The zero-order valence-corrected chi connectivity index (χ0v) is 14.9. The first-order valence-corrected chi connectivity index (χ1v) is 10.5. The number of fused-ring (bicyclic) bond motifs is 1. The molecule has 132 valence electrons. The molecule has 4 heterocycles. The van der Waals surface area contributed by atoms with Gasteiger partial charge in [0.2, 0.25) is 10.0 Å². The number of morpholine rings is 1. The zero-order chi connectivity index (χ0) is 16.7. The molecule has 3 aliphatic rings. The van der Waals surface area contributed by atoms with Crippen LogP contribution in [0.1, 0.15) is 9.67 Å². The molecular weight excluding hydrogens is 350 g/mol. The molecule has 0 spiro atoms. The number of hydrogen-bond donors (Lipinski definition) is 1. The second-order valence-electron chi connectivity index (χ2n) is 6.52. The molecule has 1 aromatic heterocycles. The summed E-state index contributed by atoms with van der Waals surface area (Å²) in [7, 11) is -3.64. The van der Waals surface area contributed by atoms with E-state index in [-0.39, 0.29) is 10.8 Å². The van der Waals surface area contributed by atoms with Crippen molar-refractivity contribution in [1.29, 1.82) is 0 Å². The minimum atomic E-state index is -3.64. The molecule has 0 radical (unpaired) electrons. The normalized spacial score (nSPS) is 28.2. The van der Waals surface area contributed by atoms with Crippen LogP contribution in [-0.2, 0) is 14.8 Å². The summed E-state index contributed by atoms with van der Waals surface area (Å²) in [6, 6.07) is 1.56. The predicted octanol–water partition coefficient (Wildman–Crippen LogP) is 0.0604. The average Bonchev–Trinajstić information content (AvgIpc) is 3.30. The van der Waals surface area contributed by atoms with Crippen LogP contribution in [-0.4, -0.2) is 76.0 Å². The number of hydrogen-bond acceptors (Lipinski definition) is 6. The Morgan fingerprint density at radius 2 is 1.88 bits per heavy atom. The van der Waals surface area contributed by atoms with Crippen LogP contribution in [0.15, 0.2) is 16.3 Å². The van der Waals surface area contributed by atoms with E-state index < -0.39 is 10.0 Å². The lowest BCUT2D eigenvalue weighted by atomic mass is 10.0. The van der Waals surface area contributed by atoms with E-state index in [0.717, 1.165) is 13.1 Å². The Morgan fingerprint density at radius 3 is 2.54 bits per heavy atom. The number of nitrogens with one attached hydrogen (secondary N) is 1. The van der Waals surface area contributed by atoms with Crippen molar-refractivity contribution < 1.29 is 17.9 Å². The molecule has 0 aromatic carbocycles. The van der Waals surface area contributed by atoms with Gasteiger partial charge in [-0.3, -0.25) is 4.79 Å². The zero-order valence-electron chi connectivity index (χ0n) is 13.3. The summed E-state index contributed by atoms with van der Waals surface area (Å²) >= 11 is 1.22. The molecule has 7 nitrogen and oxygen atoms in total. The maximum atomic E-state index is 12.9. The molecule has 1 N–H and O–H groups in total. The third-order valence-electron chi connectivity index (χ3n) is 5.09. The molecule has 3 saturated heterocycles. The Kier molecular flexibility index (Phi) is 4.38. The van der Waals surface area contributed by atoms with Crippen molar-refractivity contribution in [2.45, 2.75) is 4.90 Å². The Balaban J connectivity index is 1.57. The number of likely N-dealkylation sites (tertiary alicyclic amines) is 1. The smallest absolute Gasteiger partial charge is 0.265 e. The van der Waals surface area contributed by atoms with Gasteiger partial charge in [-0.05, 0) is 23.3 Å². The predicted molar refractivity (Wildman–Crippen MR) is 89.7 cm³/mol. The van der Waals surface area contributed by atoms with Crippen LogP contribution in [0.25, 0.3) is 0 Å². The highest BCUT2D eigenvalue weighted by atomic mass is 32.2. The highest BCUT2D eigenvalue weighted by Crippen LogP contribution is 2.31. The Labute approximate surface area is 145 Å². The van der Waals surface area contributed by atoms with Crippen LogP contribution < -0.4 is 5.32 Å². The van der Waals surface area contributed by atoms with Gasteiger partial charge in [-0.1, -0.05) is 0 Å². The largest absolute Gasteiger partial charge is 0.379 e. The number of carbonyl (C=O) groups is 1. The lowest BCUT2D eigenvalue weighted by Crippen LogP contribution is -2.41. The van der Waals surface area contributed by atoms with Gasteiger partial charge < -0.3 is 15.0 Å². The molecular formula is C15H21N3O4S2. The molecule has 4 rings (SSSR count). The number of sulfonamides is 1. The van der Waals surface area contributed by atoms with Crippen LogP contribution >= 0.6 is 11.3 Å². The number of ether oxygens (including phenoxy) is 1. The summed E-state index contributed by atoms with van der Waals surface area (Å²) in [4.78, 5) is 15.2. The summed E-state index contributed by atoms with van der Waals surface area (Å²) in [5.41, 5.74) is 0. The van der Waals surface area contributed by atoms with E-state index in [1.54, 1.807) is 11.4 Å². The van der Waals surface area contributed by atoms with Crippen molar-refractivity contribution in [3.8, 4) is 0 Å². The van der Waals surface area contributed by atoms with Crippen LogP contribution in [0.2, 0.25) is 0 Å². The molecule has 0 bridgehead atoms. The van der Waals surface area contributed by atoms with Crippen molar-refractivity contribution in [2.75, 3.05) is 52.5 Å². The fraction of sp³-hybridized carbons (Fsp3) is 0.667. The lowest BCUT2D eigenvalue weighted by Gasteiger charge is -2.26. The maximum Gasteiger partial charge on any atom is 0.265 e. The third-order valence-corrected chi connectivity index (χ3v) is 8.06. The van der Waals surface area contributed by atoms with Crippen LogP contribution in [0.5, 0.6) is 0 Å². The molecule has 2 atom stereocenters. The second kappa shape index (κ2) is 6.38. The average molecular weight is 371 g/mol. The minimum absolute atomic E-state index is 0.147. The molecule has 1 aromatic rings. The van der Waals surface area contributed by atoms with Gasteiger partial charge >= 0.3 is 0 Å². The standard InChI is InChI=1S/C15H21N3O4S2/c19-15(17-9-11-7-16-8-12(11)10-17)14-13(1-6-23-14)24(20,21)18-2-4-22-5-3-18/h1,6,11-12,16H,2-5,7-10H2/t11-,12+. The van der Waals surface area contributed by atoms with E-state index >= 15 is 0 Å². The molecule has 1 amide bonds. The van der Waals surface area contributed by atoms with Crippen molar-refractivity contribution in [3.05, 3.63) is 16.3 Å². The maximum absolute atomic E-state index is 12.9. The van der Waals surface area contributed by atoms with E-state index in [1.165, 1.54) is 15.6 Å². The van der Waals surface area contributed by atoms with Gasteiger partial charge in [-0.15, -0.1) is 11.3 Å². The molecule has 0 unspecified atom stereocenters. The van der Waals surface area contributed by atoms with Crippen LogP contribution in [0.4, 0.5) is 0 Å². The summed E-state index contributed by atoms with van der Waals surface area (Å²) in [5, 5.41) is 5.04. The monoisotopic (exact) mass is 371 g/mol. The topological polar surface area (TPSA) is 79.0 Å². The van der Waals surface area contributed by atoms with Gasteiger partial charge in [0.15, 0.2) is 0 Å². The summed E-state index contributed by atoms with van der Waals surface area (Å²) < 4.78 is 32.4. The number of nitrogens with zero attached hydrogens (tertiary/aromatic N) is 2. The van der Waals surface area contributed by atoms with Gasteiger partial charge in [-0.25, -0.2) is 8.42 Å². The van der Waals surface area contributed by atoms with Gasteiger partial charge in [0.1, 0.15) is 9.77 Å². The van der Waals surface area contributed by atoms with E-state index in [2.05, 4.69) is 5.32 Å². The number of carbonyl (C=O) groups excluding carboxylic acids is 1. The molecule has 24 heavy (non-hydrogen) atoms. The van der Waals surface area contributed by atoms with Crippen molar-refractivity contribution >= 4 is 27.3 Å². The number of thiophene rings is 1. The lowest BCUT2D eigenvalue weighted by molar-refractivity contribution is 0.0728. The fourth-order valence-corrected chi connectivity index (χ4v) is 6.52. The highest BCUT2D eigenvalue weighted by molar-refractivity contribution is 7.89. The Bertz CT molecular complexity index is 715. The summed E-state index contributed by atoms with van der Waals surface area (Å²) in [5.74, 6) is 0.840. The van der Waals surface area contributed by atoms with Gasteiger partial charge in [0, 0.05) is 39.3 Å². The van der Waals surface area contributed by atoms with Crippen molar-refractivity contribution in [1.82, 2.24) is 14.5 Å². The first kappa shape index (κ1) is 16.5. The van der Waals surface area contributed by atoms with E-state index in [9.17, 15) is 13.2 Å². The van der Waals surface area contributed by atoms with Gasteiger partial charge in [0.25, 0.3) is 5.91 Å². The first-order chi connectivity index (χ1) is 11.6. The quantitative estimate of drug-likeness (QED) is 0.813.